The topological polar surface area (TPSA) is 53.6 Å². The number of aromatic amines is 1. The fourth-order valence-corrected chi connectivity index (χ4v) is 2.82. The molecule has 0 spiro atoms. The first-order chi connectivity index (χ1) is 10.7. The molecule has 0 aliphatic carbocycles. The van der Waals surface area contributed by atoms with E-state index >= 15 is 0 Å². The van der Waals surface area contributed by atoms with Gasteiger partial charge < -0.3 is 10.3 Å². The second kappa shape index (κ2) is 6.71. The lowest BCUT2D eigenvalue weighted by molar-refractivity contribution is 0.459. The third kappa shape index (κ3) is 3.34. The fraction of sp³-hybridized carbons (Fsp3) is 0.333. The van der Waals surface area contributed by atoms with Crippen LogP contribution in [-0.2, 0) is 6.54 Å². The van der Waals surface area contributed by atoms with E-state index in [4.69, 9.17) is 0 Å². The minimum Gasteiger partial charge on any atom is -0.357 e. The van der Waals surface area contributed by atoms with Gasteiger partial charge in [0.15, 0.2) is 0 Å². The van der Waals surface area contributed by atoms with E-state index in [-0.39, 0.29) is 0 Å². The van der Waals surface area contributed by atoms with Gasteiger partial charge in [-0.05, 0) is 29.7 Å². The predicted molar refractivity (Wildman–Crippen MR) is 89.6 cm³/mol. The SMILES string of the molecule is CC(C)C(CNCc1cc2cnccc2[nH]1)c1cccnc1. The molecular weight excluding hydrogens is 272 g/mol. The number of fused-ring (bicyclic) bond motifs is 1. The maximum Gasteiger partial charge on any atom is 0.0487 e. The molecule has 3 rings (SSSR count). The lowest BCUT2D eigenvalue weighted by atomic mass is 9.89. The Labute approximate surface area is 131 Å². The zero-order chi connectivity index (χ0) is 15.4. The molecule has 0 aromatic carbocycles. The highest BCUT2D eigenvalue weighted by molar-refractivity contribution is 5.79. The molecule has 0 aliphatic rings. The number of nitrogens with zero attached hydrogens (tertiary/aromatic N) is 2. The lowest BCUT2D eigenvalue weighted by Gasteiger charge is -2.21. The number of rotatable bonds is 6. The van der Waals surface area contributed by atoms with Crippen molar-refractivity contribution in [1.82, 2.24) is 20.3 Å². The number of pyridine rings is 2. The summed E-state index contributed by atoms with van der Waals surface area (Å²) in [4.78, 5) is 11.8. The molecule has 0 saturated carbocycles. The molecule has 0 saturated heterocycles. The van der Waals surface area contributed by atoms with Gasteiger partial charge in [-0.3, -0.25) is 9.97 Å². The van der Waals surface area contributed by atoms with E-state index in [0.29, 0.717) is 11.8 Å². The van der Waals surface area contributed by atoms with Gasteiger partial charge in [0.1, 0.15) is 0 Å². The van der Waals surface area contributed by atoms with E-state index in [0.717, 1.165) is 24.0 Å². The Morgan fingerprint density at radius 3 is 2.73 bits per heavy atom. The smallest absolute Gasteiger partial charge is 0.0487 e. The van der Waals surface area contributed by atoms with Gasteiger partial charge in [-0.15, -0.1) is 0 Å². The van der Waals surface area contributed by atoms with Crippen LogP contribution >= 0.6 is 0 Å². The summed E-state index contributed by atoms with van der Waals surface area (Å²) in [6.07, 6.45) is 7.50. The molecule has 0 aliphatic heterocycles. The van der Waals surface area contributed by atoms with Crippen LogP contribution in [0.1, 0.15) is 31.0 Å². The first-order valence-electron chi connectivity index (χ1n) is 7.76. The number of H-pyrrole nitrogens is 1. The monoisotopic (exact) mass is 294 g/mol. The Kier molecular flexibility index (Phi) is 4.49. The van der Waals surface area contributed by atoms with Crippen LogP contribution in [0.15, 0.2) is 49.1 Å². The Morgan fingerprint density at radius 2 is 2.00 bits per heavy atom. The van der Waals surface area contributed by atoms with Gasteiger partial charge in [0, 0.05) is 60.4 Å². The van der Waals surface area contributed by atoms with Crippen molar-refractivity contribution in [2.24, 2.45) is 5.92 Å². The van der Waals surface area contributed by atoms with Crippen molar-refractivity contribution in [2.75, 3.05) is 6.54 Å². The average molecular weight is 294 g/mol. The zero-order valence-corrected chi connectivity index (χ0v) is 13.1. The van der Waals surface area contributed by atoms with Crippen molar-refractivity contribution in [1.29, 1.82) is 0 Å². The standard InChI is InChI=1S/C18H22N4/c1-13(2)17(14-4-3-6-19-9-14)12-21-11-16-8-15-10-20-7-5-18(15)22-16/h3-10,13,17,21-22H,11-12H2,1-2H3. The summed E-state index contributed by atoms with van der Waals surface area (Å²) in [5, 5.41) is 4.72. The highest BCUT2D eigenvalue weighted by Crippen LogP contribution is 2.23. The highest BCUT2D eigenvalue weighted by Gasteiger charge is 2.15. The maximum atomic E-state index is 4.24. The molecule has 0 bridgehead atoms. The van der Waals surface area contributed by atoms with Gasteiger partial charge in [0.25, 0.3) is 0 Å². The van der Waals surface area contributed by atoms with Gasteiger partial charge in [0.2, 0.25) is 0 Å². The lowest BCUT2D eigenvalue weighted by Crippen LogP contribution is -2.24. The Balaban J connectivity index is 1.63. The fourth-order valence-electron chi connectivity index (χ4n) is 2.82. The van der Waals surface area contributed by atoms with Gasteiger partial charge in [0.05, 0.1) is 0 Å². The van der Waals surface area contributed by atoms with Crippen LogP contribution in [0.25, 0.3) is 10.9 Å². The van der Waals surface area contributed by atoms with Crippen molar-refractivity contribution in [2.45, 2.75) is 26.3 Å². The largest absolute Gasteiger partial charge is 0.357 e. The third-order valence-corrected chi connectivity index (χ3v) is 4.07. The first kappa shape index (κ1) is 14.7. The first-order valence-corrected chi connectivity index (χ1v) is 7.76. The summed E-state index contributed by atoms with van der Waals surface area (Å²) in [6, 6.07) is 8.33. The molecule has 3 aromatic heterocycles. The molecule has 3 aromatic rings. The normalized spacial score (nSPS) is 12.9. The predicted octanol–water partition coefficient (Wildman–Crippen LogP) is 3.49. The van der Waals surface area contributed by atoms with Gasteiger partial charge in [-0.25, -0.2) is 0 Å². The minimum absolute atomic E-state index is 0.472. The van der Waals surface area contributed by atoms with Crippen LogP contribution in [0.5, 0.6) is 0 Å². The third-order valence-electron chi connectivity index (χ3n) is 4.07. The molecule has 1 atom stereocenters. The molecule has 114 valence electrons. The Morgan fingerprint density at radius 1 is 1.14 bits per heavy atom. The van der Waals surface area contributed by atoms with E-state index in [1.165, 1.54) is 11.3 Å². The number of nitrogens with one attached hydrogen (secondary N) is 2. The van der Waals surface area contributed by atoms with Gasteiger partial charge in [-0.2, -0.15) is 0 Å². The Bertz CT molecular complexity index is 685. The van der Waals surface area contributed by atoms with Crippen LogP contribution in [0.4, 0.5) is 0 Å². The summed E-state index contributed by atoms with van der Waals surface area (Å²) < 4.78 is 0. The van der Waals surface area contributed by atoms with Crippen LogP contribution < -0.4 is 5.32 Å². The van der Waals surface area contributed by atoms with Crippen LogP contribution in [0.3, 0.4) is 0 Å². The summed E-state index contributed by atoms with van der Waals surface area (Å²) in [6.45, 7) is 6.29. The number of hydrogen-bond donors (Lipinski definition) is 2. The summed E-state index contributed by atoms with van der Waals surface area (Å²) >= 11 is 0. The molecule has 0 amide bonds. The molecule has 2 N–H and O–H groups in total. The minimum atomic E-state index is 0.472. The number of hydrogen-bond acceptors (Lipinski definition) is 3. The molecule has 1 unspecified atom stereocenters. The van der Waals surface area contributed by atoms with E-state index in [1.807, 2.05) is 36.9 Å². The quantitative estimate of drug-likeness (QED) is 0.731. The van der Waals surface area contributed by atoms with E-state index < -0.39 is 0 Å². The summed E-state index contributed by atoms with van der Waals surface area (Å²) in [5.41, 5.74) is 3.63. The van der Waals surface area contributed by atoms with Crippen LogP contribution in [0.2, 0.25) is 0 Å². The van der Waals surface area contributed by atoms with Crippen LogP contribution in [-0.4, -0.2) is 21.5 Å². The maximum absolute atomic E-state index is 4.24. The molecule has 3 heterocycles. The summed E-state index contributed by atoms with van der Waals surface area (Å²) in [7, 11) is 0. The second-order valence-electron chi connectivity index (χ2n) is 6.03. The van der Waals surface area contributed by atoms with E-state index in [1.54, 1.807) is 0 Å². The second-order valence-corrected chi connectivity index (χ2v) is 6.03. The van der Waals surface area contributed by atoms with E-state index in [9.17, 15) is 0 Å². The summed E-state index contributed by atoms with van der Waals surface area (Å²) in [5.74, 6) is 1.04. The molecule has 22 heavy (non-hydrogen) atoms. The molecule has 4 heteroatoms. The van der Waals surface area contributed by atoms with E-state index in [2.05, 4.69) is 46.2 Å². The number of aromatic nitrogens is 3. The van der Waals surface area contributed by atoms with Gasteiger partial charge >= 0.3 is 0 Å². The van der Waals surface area contributed by atoms with Crippen molar-refractivity contribution >= 4 is 10.9 Å². The van der Waals surface area contributed by atoms with Crippen molar-refractivity contribution in [3.8, 4) is 0 Å². The molecule has 4 nitrogen and oxygen atoms in total. The average Bonchev–Trinajstić information content (AvgIpc) is 2.94. The van der Waals surface area contributed by atoms with Crippen molar-refractivity contribution in [3.63, 3.8) is 0 Å². The Hall–Kier alpha value is -2.20. The van der Waals surface area contributed by atoms with Gasteiger partial charge in [-0.1, -0.05) is 19.9 Å². The molecule has 0 radical (unpaired) electrons. The van der Waals surface area contributed by atoms with Crippen LogP contribution in [0, 0.1) is 5.92 Å². The molecule has 0 fully saturated rings. The van der Waals surface area contributed by atoms with Crippen molar-refractivity contribution < 1.29 is 0 Å². The van der Waals surface area contributed by atoms with Crippen molar-refractivity contribution in [3.05, 3.63) is 60.3 Å². The zero-order valence-electron chi connectivity index (χ0n) is 13.1. The molecular formula is C18H22N4. The highest BCUT2D eigenvalue weighted by atomic mass is 14.9.